The van der Waals surface area contributed by atoms with Crippen molar-refractivity contribution in [2.45, 2.75) is 33.3 Å². The van der Waals surface area contributed by atoms with Gasteiger partial charge >= 0.3 is 5.97 Å². The summed E-state index contributed by atoms with van der Waals surface area (Å²) in [6, 6.07) is 9.25. The summed E-state index contributed by atoms with van der Waals surface area (Å²) in [5.74, 6) is -0.916. The zero-order valence-electron chi connectivity index (χ0n) is 11.5. The quantitative estimate of drug-likeness (QED) is 0.817. The molecule has 0 radical (unpaired) electrons. The average Bonchev–Trinajstić information content (AvgIpc) is 2.29. The Kier molecular flexibility index (Phi) is 4.91. The number of hydrogen-bond donors (Lipinski definition) is 1. The molecule has 0 heterocycles. The van der Waals surface area contributed by atoms with Gasteiger partial charge in [0.05, 0.1) is 12.5 Å². The van der Waals surface area contributed by atoms with Crippen LogP contribution in [0.1, 0.15) is 33.3 Å². The SMILES string of the molecule is CCOC(=O)C(C(C)C)C(C)(O)c1ccccc1. The van der Waals surface area contributed by atoms with Gasteiger partial charge < -0.3 is 9.84 Å². The number of aliphatic hydroxyl groups is 1. The van der Waals surface area contributed by atoms with E-state index in [9.17, 15) is 9.90 Å². The summed E-state index contributed by atoms with van der Waals surface area (Å²) in [6.45, 7) is 7.60. The summed E-state index contributed by atoms with van der Waals surface area (Å²) < 4.78 is 5.07. The van der Waals surface area contributed by atoms with E-state index >= 15 is 0 Å². The summed E-state index contributed by atoms with van der Waals surface area (Å²) in [7, 11) is 0. The molecule has 100 valence electrons. The lowest BCUT2D eigenvalue weighted by Crippen LogP contribution is -2.41. The lowest BCUT2D eigenvalue weighted by molar-refractivity contribution is -0.161. The molecule has 0 aliphatic heterocycles. The zero-order chi connectivity index (χ0) is 13.8. The van der Waals surface area contributed by atoms with Crippen molar-refractivity contribution in [3.05, 3.63) is 35.9 Å². The Labute approximate surface area is 109 Å². The molecule has 1 N–H and O–H groups in total. The molecule has 1 rings (SSSR count). The first-order valence-electron chi connectivity index (χ1n) is 6.35. The fraction of sp³-hybridized carbons (Fsp3) is 0.533. The molecule has 3 nitrogen and oxygen atoms in total. The summed E-state index contributed by atoms with van der Waals surface area (Å²) in [5, 5.41) is 10.7. The van der Waals surface area contributed by atoms with Crippen molar-refractivity contribution >= 4 is 5.97 Å². The summed E-state index contributed by atoms with van der Waals surface area (Å²) in [6.07, 6.45) is 0. The van der Waals surface area contributed by atoms with E-state index in [1.807, 2.05) is 44.2 Å². The molecule has 1 aromatic rings. The van der Waals surface area contributed by atoms with Crippen LogP contribution in [0.15, 0.2) is 30.3 Å². The Morgan fingerprint density at radius 3 is 2.33 bits per heavy atom. The van der Waals surface area contributed by atoms with Gasteiger partial charge in [-0.25, -0.2) is 0 Å². The maximum absolute atomic E-state index is 12.0. The second kappa shape index (κ2) is 6.01. The van der Waals surface area contributed by atoms with Crippen LogP contribution in [-0.4, -0.2) is 17.7 Å². The van der Waals surface area contributed by atoms with Crippen molar-refractivity contribution in [3.8, 4) is 0 Å². The predicted molar refractivity (Wildman–Crippen MR) is 71.0 cm³/mol. The highest BCUT2D eigenvalue weighted by atomic mass is 16.5. The maximum Gasteiger partial charge on any atom is 0.312 e. The Morgan fingerprint density at radius 1 is 1.33 bits per heavy atom. The number of carbonyl (C=O) groups is 1. The lowest BCUT2D eigenvalue weighted by atomic mass is 9.76. The van der Waals surface area contributed by atoms with Gasteiger partial charge in [0.1, 0.15) is 5.60 Å². The molecule has 0 aliphatic carbocycles. The maximum atomic E-state index is 12.0. The molecular weight excluding hydrogens is 228 g/mol. The number of ether oxygens (including phenoxy) is 1. The number of esters is 1. The van der Waals surface area contributed by atoms with E-state index in [2.05, 4.69) is 0 Å². The summed E-state index contributed by atoms with van der Waals surface area (Å²) in [4.78, 5) is 12.0. The first-order valence-corrected chi connectivity index (χ1v) is 6.35. The average molecular weight is 250 g/mol. The Balaban J connectivity index is 3.08. The van der Waals surface area contributed by atoms with Gasteiger partial charge in [-0.1, -0.05) is 44.2 Å². The number of benzene rings is 1. The van der Waals surface area contributed by atoms with Crippen LogP contribution in [0.3, 0.4) is 0 Å². The van der Waals surface area contributed by atoms with Crippen LogP contribution >= 0.6 is 0 Å². The largest absolute Gasteiger partial charge is 0.466 e. The molecule has 0 aliphatic rings. The molecule has 0 spiro atoms. The van der Waals surface area contributed by atoms with Gasteiger partial charge in [-0.05, 0) is 25.3 Å². The van der Waals surface area contributed by atoms with Crippen molar-refractivity contribution in [3.63, 3.8) is 0 Å². The van der Waals surface area contributed by atoms with Crippen molar-refractivity contribution < 1.29 is 14.6 Å². The standard InChI is InChI=1S/C15H22O3/c1-5-18-14(16)13(11(2)3)15(4,17)12-9-7-6-8-10-12/h6-11,13,17H,5H2,1-4H3. The van der Waals surface area contributed by atoms with E-state index in [1.165, 1.54) is 0 Å². The topological polar surface area (TPSA) is 46.5 Å². The van der Waals surface area contributed by atoms with Crippen LogP contribution in [-0.2, 0) is 15.1 Å². The van der Waals surface area contributed by atoms with E-state index in [1.54, 1.807) is 13.8 Å². The molecule has 18 heavy (non-hydrogen) atoms. The van der Waals surface area contributed by atoms with Crippen molar-refractivity contribution in [2.75, 3.05) is 6.61 Å². The van der Waals surface area contributed by atoms with Crippen molar-refractivity contribution in [1.82, 2.24) is 0 Å². The fourth-order valence-corrected chi connectivity index (χ4v) is 2.34. The normalized spacial score (nSPS) is 16.1. The number of carbonyl (C=O) groups excluding carboxylic acids is 1. The fourth-order valence-electron chi connectivity index (χ4n) is 2.34. The highest BCUT2D eigenvalue weighted by Gasteiger charge is 2.41. The smallest absolute Gasteiger partial charge is 0.312 e. The molecule has 0 bridgehead atoms. The van der Waals surface area contributed by atoms with Gasteiger partial charge in [-0.15, -0.1) is 0 Å². The summed E-state index contributed by atoms with van der Waals surface area (Å²) >= 11 is 0. The Bertz CT molecular complexity index is 382. The highest BCUT2D eigenvalue weighted by Crippen LogP contribution is 2.35. The molecule has 1 aromatic carbocycles. The zero-order valence-corrected chi connectivity index (χ0v) is 11.5. The minimum Gasteiger partial charge on any atom is -0.466 e. The number of hydrogen-bond acceptors (Lipinski definition) is 3. The molecule has 0 aromatic heterocycles. The van der Waals surface area contributed by atoms with Crippen LogP contribution in [0.25, 0.3) is 0 Å². The van der Waals surface area contributed by atoms with Crippen LogP contribution in [0.2, 0.25) is 0 Å². The summed E-state index contributed by atoms with van der Waals surface area (Å²) in [5.41, 5.74) is -0.487. The van der Waals surface area contributed by atoms with Gasteiger partial charge in [0.2, 0.25) is 0 Å². The number of rotatable bonds is 5. The minimum atomic E-state index is -1.22. The molecule has 2 unspecified atom stereocenters. The first kappa shape index (κ1) is 14.7. The highest BCUT2D eigenvalue weighted by molar-refractivity contribution is 5.74. The Morgan fingerprint density at radius 2 is 1.89 bits per heavy atom. The third kappa shape index (κ3) is 3.10. The van der Waals surface area contributed by atoms with Gasteiger partial charge in [-0.3, -0.25) is 4.79 Å². The monoisotopic (exact) mass is 250 g/mol. The van der Waals surface area contributed by atoms with Gasteiger partial charge in [-0.2, -0.15) is 0 Å². The van der Waals surface area contributed by atoms with Gasteiger partial charge in [0.25, 0.3) is 0 Å². The van der Waals surface area contributed by atoms with Crippen LogP contribution in [0.4, 0.5) is 0 Å². The first-order chi connectivity index (χ1) is 8.41. The molecule has 3 heteroatoms. The van der Waals surface area contributed by atoms with Crippen LogP contribution < -0.4 is 0 Å². The van der Waals surface area contributed by atoms with Crippen molar-refractivity contribution in [1.29, 1.82) is 0 Å². The van der Waals surface area contributed by atoms with E-state index in [4.69, 9.17) is 4.74 Å². The van der Waals surface area contributed by atoms with E-state index < -0.39 is 11.5 Å². The Hall–Kier alpha value is -1.35. The second-order valence-corrected chi connectivity index (χ2v) is 4.99. The van der Waals surface area contributed by atoms with Crippen molar-refractivity contribution in [2.24, 2.45) is 11.8 Å². The minimum absolute atomic E-state index is 0.000689. The van der Waals surface area contributed by atoms with Crippen LogP contribution in [0, 0.1) is 11.8 Å². The van der Waals surface area contributed by atoms with E-state index in [0.29, 0.717) is 6.61 Å². The molecule has 0 saturated heterocycles. The molecule has 2 atom stereocenters. The molecule has 0 fully saturated rings. The molecule has 0 saturated carbocycles. The predicted octanol–water partition coefficient (Wildman–Crippen LogP) is 2.73. The molecular formula is C15H22O3. The van der Waals surface area contributed by atoms with E-state index in [0.717, 1.165) is 5.56 Å². The lowest BCUT2D eigenvalue weighted by Gasteiger charge is -2.34. The third-order valence-corrected chi connectivity index (χ3v) is 3.17. The molecule has 0 amide bonds. The van der Waals surface area contributed by atoms with Gasteiger partial charge in [0, 0.05) is 0 Å². The van der Waals surface area contributed by atoms with E-state index in [-0.39, 0.29) is 11.9 Å². The second-order valence-electron chi connectivity index (χ2n) is 4.99. The third-order valence-electron chi connectivity index (χ3n) is 3.17. The van der Waals surface area contributed by atoms with Crippen LogP contribution in [0.5, 0.6) is 0 Å². The van der Waals surface area contributed by atoms with Gasteiger partial charge in [0.15, 0.2) is 0 Å².